The molecule has 34 heavy (non-hydrogen) atoms. The number of carbonyl (C=O) groups is 3. The Kier molecular flexibility index (Phi) is 7.56. The molecular formula is C25H29N3O5S. The van der Waals surface area contributed by atoms with Crippen LogP contribution in [0.25, 0.3) is 0 Å². The van der Waals surface area contributed by atoms with E-state index in [-0.39, 0.29) is 40.8 Å². The number of thiophene rings is 1. The molecule has 8 nitrogen and oxygen atoms in total. The van der Waals surface area contributed by atoms with E-state index < -0.39 is 11.9 Å². The summed E-state index contributed by atoms with van der Waals surface area (Å²) in [6.07, 6.45) is 1.63. The van der Waals surface area contributed by atoms with Gasteiger partial charge in [-0.3, -0.25) is 9.59 Å². The molecule has 0 bridgehead atoms. The number of nitrogens with zero attached hydrogens (tertiary/aromatic N) is 2. The predicted octanol–water partition coefficient (Wildman–Crippen LogP) is 5.22. The molecule has 2 aromatic heterocycles. The Morgan fingerprint density at radius 1 is 1.12 bits per heavy atom. The van der Waals surface area contributed by atoms with Gasteiger partial charge in [-0.25, -0.2) is 9.48 Å². The zero-order valence-electron chi connectivity index (χ0n) is 20.2. The number of ether oxygens (including phenoxy) is 2. The fourth-order valence-electron chi connectivity index (χ4n) is 3.30. The first kappa shape index (κ1) is 25.2. The highest BCUT2D eigenvalue weighted by atomic mass is 32.1. The number of esters is 1. The van der Waals surface area contributed by atoms with Gasteiger partial charge in [0.1, 0.15) is 10.8 Å². The highest BCUT2D eigenvalue weighted by molar-refractivity contribution is 7.18. The van der Waals surface area contributed by atoms with Crippen molar-refractivity contribution < 1.29 is 23.9 Å². The fraction of sp³-hybridized carbons (Fsp3) is 0.360. The van der Waals surface area contributed by atoms with Gasteiger partial charge in [0.05, 0.1) is 17.0 Å². The second-order valence-electron chi connectivity index (χ2n) is 8.78. The summed E-state index contributed by atoms with van der Waals surface area (Å²) >= 11 is 1.05. The number of aromatic nitrogens is 2. The van der Waals surface area contributed by atoms with Crippen LogP contribution in [0.2, 0.25) is 0 Å². The number of hydrogen-bond donors (Lipinski definition) is 1. The third-order valence-corrected chi connectivity index (χ3v) is 6.44. The van der Waals surface area contributed by atoms with Gasteiger partial charge >= 0.3 is 5.97 Å². The minimum absolute atomic E-state index is 0.0577. The molecule has 2 heterocycles. The van der Waals surface area contributed by atoms with Crippen LogP contribution in [0.4, 0.5) is 5.00 Å². The van der Waals surface area contributed by atoms with Crippen molar-refractivity contribution in [1.29, 1.82) is 0 Å². The minimum atomic E-state index is -0.588. The van der Waals surface area contributed by atoms with Crippen molar-refractivity contribution in [3.63, 3.8) is 0 Å². The molecule has 0 fully saturated rings. The van der Waals surface area contributed by atoms with Crippen LogP contribution in [-0.4, -0.2) is 34.0 Å². The summed E-state index contributed by atoms with van der Waals surface area (Å²) in [6.45, 7) is 11.5. The summed E-state index contributed by atoms with van der Waals surface area (Å²) in [7, 11) is 0. The van der Waals surface area contributed by atoms with Crippen molar-refractivity contribution in [2.24, 2.45) is 0 Å². The first-order valence-corrected chi connectivity index (χ1v) is 11.7. The summed E-state index contributed by atoms with van der Waals surface area (Å²) in [5.41, 5.74) is 2.09. The molecular weight excluding hydrogens is 454 g/mol. The summed E-state index contributed by atoms with van der Waals surface area (Å²) in [4.78, 5) is 37.6. The third kappa shape index (κ3) is 5.72. The molecule has 3 aromatic rings. The van der Waals surface area contributed by atoms with E-state index in [1.165, 1.54) is 17.2 Å². The number of ketones is 1. The van der Waals surface area contributed by atoms with E-state index in [0.717, 1.165) is 11.3 Å². The Hall–Kier alpha value is -3.46. The number of benzene rings is 1. The molecule has 0 aliphatic rings. The molecule has 1 amide bonds. The minimum Gasteiger partial charge on any atom is -0.471 e. The SMILES string of the molecule is CCOC(=O)c1c(NC(=O)c2ccn(COc3ccc(C(C)(C)C)cc3)n2)sc(C(C)=O)c1C. The molecule has 0 spiro atoms. The highest BCUT2D eigenvalue weighted by Crippen LogP contribution is 2.34. The lowest BCUT2D eigenvalue weighted by molar-refractivity contribution is 0.0527. The maximum absolute atomic E-state index is 12.8. The van der Waals surface area contributed by atoms with Gasteiger partial charge in [0.2, 0.25) is 0 Å². The van der Waals surface area contributed by atoms with Gasteiger partial charge in [0, 0.05) is 6.20 Å². The smallest absolute Gasteiger partial charge is 0.341 e. The summed E-state index contributed by atoms with van der Waals surface area (Å²) < 4.78 is 12.4. The topological polar surface area (TPSA) is 99.5 Å². The van der Waals surface area contributed by atoms with Crippen molar-refractivity contribution in [2.75, 3.05) is 11.9 Å². The predicted molar refractivity (Wildman–Crippen MR) is 131 cm³/mol. The van der Waals surface area contributed by atoms with Gasteiger partial charge in [0.15, 0.2) is 18.2 Å². The van der Waals surface area contributed by atoms with Crippen LogP contribution in [0.1, 0.15) is 76.3 Å². The molecule has 0 saturated heterocycles. The summed E-state index contributed by atoms with van der Waals surface area (Å²) in [5, 5.41) is 7.21. The van der Waals surface area contributed by atoms with E-state index in [2.05, 4.69) is 31.2 Å². The Balaban J connectivity index is 1.70. The zero-order chi connectivity index (χ0) is 25.0. The van der Waals surface area contributed by atoms with E-state index >= 15 is 0 Å². The standard InChI is InChI=1S/C25H29N3O5S/c1-7-32-24(31)20-15(2)21(16(3)29)34-23(20)26-22(30)19-12-13-28(27-19)14-33-18-10-8-17(9-11-18)25(4,5)6/h8-13H,7,14H2,1-6H3,(H,26,30). The molecule has 3 rings (SSSR count). The van der Waals surface area contributed by atoms with Crippen LogP contribution in [-0.2, 0) is 16.9 Å². The molecule has 0 radical (unpaired) electrons. The van der Waals surface area contributed by atoms with Crippen molar-refractivity contribution in [3.8, 4) is 5.75 Å². The zero-order valence-corrected chi connectivity index (χ0v) is 21.0. The van der Waals surface area contributed by atoms with Crippen LogP contribution >= 0.6 is 11.3 Å². The molecule has 1 aromatic carbocycles. The van der Waals surface area contributed by atoms with Gasteiger partial charge in [0.25, 0.3) is 5.91 Å². The largest absolute Gasteiger partial charge is 0.471 e. The first-order chi connectivity index (χ1) is 16.0. The number of anilines is 1. The number of rotatable bonds is 8. The molecule has 9 heteroatoms. The van der Waals surface area contributed by atoms with Crippen LogP contribution in [0, 0.1) is 6.92 Å². The van der Waals surface area contributed by atoms with Gasteiger partial charge in [-0.1, -0.05) is 32.9 Å². The van der Waals surface area contributed by atoms with E-state index in [0.29, 0.717) is 16.2 Å². The van der Waals surface area contributed by atoms with Crippen molar-refractivity contribution in [1.82, 2.24) is 9.78 Å². The van der Waals surface area contributed by atoms with Gasteiger partial charge < -0.3 is 14.8 Å². The lowest BCUT2D eigenvalue weighted by Gasteiger charge is -2.19. The Morgan fingerprint density at radius 2 is 1.79 bits per heavy atom. The van der Waals surface area contributed by atoms with Crippen LogP contribution < -0.4 is 10.1 Å². The van der Waals surface area contributed by atoms with E-state index in [1.54, 1.807) is 26.1 Å². The Labute approximate surface area is 202 Å². The quantitative estimate of drug-likeness (QED) is 0.348. The first-order valence-electron chi connectivity index (χ1n) is 10.9. The lowest BCUT2D eigenvalue weighted by atomic mass is 9.87. The van der Waals surface area contributed by atoms with Crippen LogP contribution in [0.5, 0.6) is 5.75 Å². The summed E-state index contributed by atoms with van der Waals surface area (Å²) in [5.74, 6) is -0.587. The van der Waals surface area contributed by atoms with E-state index in [4.69, 9.17) is 9.47 Å². The molecule has 0 aliphatic heterocycles. The second kappa shape index (κ2) is 10.2. The monoisotopic (exact) mass is 483 g/mol. The number of nitrogens with one attached hydrogen (secondary N) is 1. The maximum Gasteiger partial charge on any atom is 0.341 e. The molecule has 0 atom stereocenters. The van der Waals surface area contributed by atoms with Crippen LogP contribution in [0.15, 0.2) is 36.5 Å². The normalized spacial score (nSPS) is 11.2. The second-order valence-corrected chi connectivity index (χ2v) is 9.80. The average Bonchev–Trinajstić information content (AvgIpc) is 3.37. The van der Waals surface area contributed by atoms with E-state index in [9.17, 15) is 14.4 Å². The molecule has 0 aliphatic carbocycles. The third-order valence-electron chi connectivity index (χ3n) is 5.13. The average molecular weight is 484 g/mol. The van der Waals surface area contributed by atoms with Gasteiger partial charge in [-0.15, -0.1) is 11.3 Å². The lowest BCUT2D eigenvalue weighted by Crippen LogP contribution is -2.16. The van der Waals surface area contributed by atoms with Gasteiger partial charge in [-0.05, 0) is 55.5 Å². The van der Waals surface area contributed by atoms with Gasteiger partial charge in [-0.2, -0.15) is 5.10 Å². The highest BCUT2D eigenvalue weighted by Gasteiger charge is 2.26. The number of hydrogen-bond acceptors (Lipinski definition) is 7. The number of Topliss-reactive ketones (excluding diaryl/α,β-unsaturated/α-hetero) is 1. The molecule has 180 valence electrons. The molecule has 0 unspecified atom stereocenters. The van der Waals surface area contributed by atoms with E-state index in [1.807, 2.05) is 24.3 Å². The van der Waals surface area contributed by atoms with Crippen molar-refractivity contribution >= 4 is 34.0 Å². The maximum atomic E-state index is 12.8. The number of carbonyl (C=O) groups excluding carboxylic acids is 3. The summed E-state index contributed by atoms with van der Waals surface area (Å²) in [6, 6.07) is 9.41. The Morgan fingerprint density at radius 3 is 2.38 bits per heavy atom. The molecule has 1 N–H and O–H groups in total. The molecule has 0 saturated carbocycles. The van der Waals surface area contributed by atoms with Crippen LogP contribution in [0.3, 0.4) is 0 Å². The van der Waals surface area contributed by atoms with Crippen molar-refractivity contribution in [3.05, 3.63) is 63.8 Å². The van der Waals surface area contributed by atoms with Crippen molar-refractivity contribution in [2.45, 2.75) is 53.7 Å². The number of amides is 1. The Bertz CT molecular complexity index is 1200. The fourth-order valence-corrected chi connectivity index (χ4v) is 4.39.